The molecular weight excluding hydrogens is 527 g/mol. The van der Waals surface area contributed by atoms with Crippen molar-refractivity contribution in [2.45, 2.75) is 13.1 Å². The van der Waals surface area contributed by atoms with Crippen LogP contribution in [0.1, 0.15) is 5.56 Å². The molecule has 0 amide bonds. The van der Waals surface area contributed by atoms with E-state index in [1.807, 2.05) is 6.07 Å². The van der Waals surface area contributed by atoms with Crippen LogP contribution >= 0.6 is 0 Å². The predicted octanol–water partition coefficient (Wildman–Crippen LogP) is 8.19. The van der Waals surface area contributed by atoms with Crippen molar-refractivity contribution < 1.29 is 0 Å². The van der Waals surface area contributed by atoms with Gasteiger partial charge in [0.05, 0.1) is 22.7 Å². The van der Waals surface area contributed by atoms with Crippen LogP contribution in [0.15, 0.2) is 128 Å². The molecule has 3 nitrogen and oxygen atoms in total. The van der Waals surface area contributed by atoms with Crippen molar-refractivity contribution in [2.75, 3.05) is 0 Å². The third kappa shape index (κ3) is 3.48. The Bertz CT molecular complexity index is 2250. The Balaban J connectivity index is 1.34. The molecule has 0 bridgehead atoms. The maximum Gasteiger partial charge on any atom is 0.114 e. The molecule has 2 aromatic heterocycles. The van der Waals surface area contributed by atoms with Gasteiger partial charge in [0.1, 0.15) is 8.07 Å². The predicted molar refractivity (Wildman–Crippen MR) is 176 cm³/mol. The quantitative estimate of drug-likeness (QED) is 0.207. The average molecular weight is 554 g/mol. The number of hydrogen-bond acceptors (Lipinski definition) is 2. The van der Waals surface area contributed by atoms with Crippen LogP contribution < -0.4 is 10.4 Å². The van der Waals surface area contributed by atoms with Crippen LogP contribution in [-0.4, -0.2) is 17.6 Å². The summed E-state index contributed by atoms with van der Waals surface area (Å²) >= 11 is 0. The van der Waals surface area contributed by atoms with Crippen LogP contribution in [0.5, 0.6) is 0 Å². The van der Waals surface area contributed by atoms with Gasteiger partial charge in [-0.2, -0.15) is 5.26 Å². The summed E-state index contributed by atoms with van der Waals surface area (Å²) in [5.41, 5.74) is 11.1. The molecule has 0 spiro atoms. The fourth-order valence-corrected chi connectivity index (χ4v) is 10.5. The van der Waals surface area contributed by atoms with Crippen LogP contribution in [-0.2, 0) is 0 Å². The molecule has 198 valence electrons. The lowest BCUT2D eigenvalue weighted by Gasteiger charge is -2.20. The Hall–Kier alpha value is -5.24. The van der Waals surface area contributed by atoms with E-state index in [4.69, 9.17) is 0 Å². The molecule has 7 aromatic rings. The van der Waals surface area contributed by atoms with E-state index in [0.29, 0.717) is 5.56 Å². The standard InChI is InChI=1S/C38H27N3Si/c1-42(2)36-16-6-4-13-30(36)31-17-18-35-37(38(31)42)32-14-3-5-15-34(32)41(35)29-12-8-10-26(22-29)25-9-7-11-27(21-25)33-24-40-20-19-28(33)23-39/h3-22,24H,1-2H3. The van der Waals surface area contributed by atoms with Gasteiger partial charge >= 0.3 is 0 Å². The number of para-hydroxylation sites is 1. The van der Waals surface area contributed by atoms with Gasteiger partial charge in [0.2, 0.25) is 0 Å². The number of aromatic nitrogens is 2. The second kappa shape index (κ2) is 9.14. The summed E-state index contributed by atoms with van der Waals surface area (Å²) in [5, 5.41) is 15.4. The van der Waals surface area contributed by atoms with Gasteiger partial charge in [-0.15, -0.1) is 0 Å². The minimum Gasteiger partial charge on any atom is -0.309 e. The Morgan fingerprint density at radius 1 is 0.667 bits per heavy atom. The van der Waals surface area contributed by atoms with Gasteiger partial charge in [-0.1, -0.05) is 92.0 Å². The first-order valence-corrected chi connectivity index (χ1v) is 17.3. The number of hydrogen-bond donors (Lipinski definition) is 0. The van der Waals surface area contributed by atoms with Gasteiger partial charge in [0.25, 0.3) is 0 Å². The summed E-state index contributed by atoms with van der Waals surface area (Å²) in [4.78, 5) is 4.27. The molecular formula is C38H27N3Si. The van der Waals surface area contributed by atoms with E-state index >= 15 is 0 Å². The third-order valence-electron chi connectivity index (χ3n) is 8.91. The van der Waals surface area contributed by atoms with Crippen molar-refractivity contribution in [1.29, 1.82) is 5.26 Å². The zero-order chi connectivity index (χ0) is 28.4. The topological polar surface area (TPSA) is 41.6 Å². The summed E-state index contributed by atoms with van der Waals surface area (Å²) in [6, 6.07) is 43.8. The van der Waals surface area contributed by atoms with Crippen LogP contribution in [0.2, 0.25) is 13.1 Å². The highest BCUT2D eigenvalue weighted by atomic mass is 28.3. The summed E-state index contributed by atoms with van der Waals surface area (Å²) in [6.45, 7) is 4.99. The second-order valence-electron chi connectivity index (χ2n) is 11.6. The number of benzene rings is 5. The third-order valence-corrected chi connectivity index (χ3v) is 12.5. The molecule has 5 aromatic carbocycles. The molecule has 0 aliphatic carbocycles. The molecule has 1 aliphatic rings. The largest absolute Gasteiger partial charge is 0.309 e. The number of rotatable bonds is 3. The maximum atomic E-state index is 9.64. The fourth-order valence-electron chi connectivity index (χ4n) is 7.02. The molecule has 0 fully saturated rings. The van der Waals surface area contributed by atoms with Crippen molar-refractivity contribution in [1.82, 2.24) is 9.55 Å². The highest BCUT2D eigenvalue weighted by Crippen LogP contribution is 2.39. The van der Waals surface area contributed by atoms with Gasteiger partial charge in [0, 0.05) is 34.4 Å². The minimum absolute atomic E-state index is 0.627. The van der Waals surface area contributed by atoms with E-state index < -0.39 is 8.07 Å². The van der Waals surface area contributed by atoms with Gasteiger partial charge < -0.3 is 4.57 Å². The summed E-state index contributed by atoms with van der Waals surface area (Å²) in [6.07, 6.45) is 3.44. The van der Waals surface area contributed by atoms with Gasteiger partial charge in [0.15, 0.2) is 0 Å². The Morgan fingerprint density at radius 2 is 1.43 bits per heavy atom. The van der Waals surface area contributed by atoms with E-state index in [-0.39, 0.29) is 0 Å². The summed E-state index contributed by atoms with van der Waals surface area (Å²) in [7, 11) is -1.90. The lowest BCUT2D eigenvalue weighted by molar-refractivity contribution is 1.18. The second-order valence-corrected chi connectivity index (χ2v) is 15.9. The van der Waals surface area contributed by atoms with E-state index in [2.05, 4.69) is 132 Å². The molecule has 42 heavy (non-hydrogen) atoms. The van der Waals surface area contributed by atoms with Crippen molar-refractivity contribution in [2.24, 2.45) is 0 Å². The lowest BCUT2D eigenvalue weighted by Crippen LogP contribution is -2.49. The number of fused-ring (bicyclic) bond motifs is 7. The zero-order valence-electron chi connectivity index (χ0n) is 23.5. The molecule has 0 saturated carbocycles. The molecule has 0 saturated heterocycles. The smallest absolute Gasteiger partial charge is 0.114 e. The van der Waals surface area contributed by atoms with E-state index in [9.17, 15) is 5.26 Å². The van der Waals surface area contributed by atoms with Crippen molar-refractivity contribution in [3.8, 4) is 45.1 Å². The van der Waals surface area contributed by atoms with Crippen LogP contribution in [0.4, 0.5) is 0 Å². The number of nitrogens with zero attached hydrogens (tertiary/aromatic N) is 3. The van der Waals surface area contributed by atoms with Crippen molar-refractivity contribution in [3.63, 3.8) is 0 Å². The first-order chi connectivity index (χ1) is 20.6. The zero-order valence-corrected chi connectivity index (χ0v) is 24.5. The Kier molecular flexibility index (Phi) is 5.34. The number of pyridine rings is 1. The van der Waals surface area contributed by atoms with Gasteiger partial charge in [-0.05, 0) is 74.6 Å². The Morgan fingerprint density at radius 3 is 2.31 bits per heavy atom. The fraction of sp³-hybridized carbons (Fsp3) is 0.0526. The molecule has 0 unspecified atom stereocenters. The minimum atomic E-state index is -1.90. The molecule has 1 aliphatic heterocycles. The monoisotopic (exact) mass is 553 g/mol. The summed E-state index contributed by atoms with van der Waals surface area (Å²) < 4.78 is 2.43. The van der Waals surface area contributed by atoms with E-state index in [1.54, 1.807) is 23.6 Å². The van der Waals surface area contributed by atoms with Crippen molar-refractivity contribution >= 4 is 40.3 Å². The van der Waals surface area contributed by atoms with Crippen LogP contribution in [0.25, 0.3) is 60.9 Å². The maximum absolute atomic E-state index is 9.64. The molecule has 0 radical (unpaired) electrons. The molecule has 8 rings (SSSR count). The van der Waals surface area contributed by atoms with Gasteiger partial charge in [-0.25, -0.2) is 0 Å². The number of nitriles is 1. The normalized spacial score (nSPS) is 13.2. The SMILES string of the molecule is C[Si]1(C)c2ccccc2-c2ccc3c(c21)c1ccccc1n3-c1cccc(-c2cccc(-c3cnccc3C#N)c2)c1. The molecule has 4 heteroatoms. The first-order valence-electron chi connectivity index (χ1n) is 14.3. The molecule has 3 heterocycles. The highest BCUT2D eigenvalue weighted by Gasteiger charge is 2.39. The van der Waals surface area contributed by atoms with Crippen LogP contribution in [0, 0.1) is 11.3 Å². The average Bonchev–Trinajstić information content (AvgIpc) is 3.50. The summed E-state index contributed by atoms with van der Waals surface area (Å²) in [5.74, 6) is 0. The highest BCUT2D eigenvalue weighted by molar-refractivity contribution is 7.05. The Labute approximate surface area is 246 Å². The molecule has 0 N–H and O–H groups in total. The first kappa shape index (κ1) is 24.5. The van der Waals surface area contributed by atoms with Crippen LogP contribution in [0.3, 0.4) is 0 Å². The lowest BCUT2D eigenvalue weighted by atomic mass is 9.97. The van der Waals surface area contributed by atoms with Gasteiger partial charge in [-0.3, -0.25) is 4.98 Å². The van der Waals surface area contributed by atoms with E-state index in [1.165, 1.54) is 38.1 Å². The van der Waals surface area contributed by atoms with Crippen molar-refractivity contribution in [3.05, 3.63) is 133 Å². The van der Waals surface area contributed by atoms with E-state index in [0.717, 1.165) is 27.9 Å². The molecule has 0 atom stereocenters.